The van der Waals surface area contributed by atoms with Crippen molar-refractivity contribution in [2.24, 2.45) is 5.10 Å². The van der Waals surface area contributed by atoms with E-state index in [1.54, 1.807) is 56.3 Å². The normalized spacial score (nSPS) is 12.1. The number of alkyl halides is 3. The van der Waals surface area contributed by atoms with E-state index in [1.807, 2.05) is 13.8 Å². The third-order valence-corrected chi connectivity index (χ3v) is 8.32. The average molecular weight is 583 g/mol. The Morgan fingerprint density at radius 2 is 1.51 bits per heavy atom. The number of benzene rings is 3. The summed E-state index contributed by atoms with van der Waals surface area (Å²) in [5, 5.41) is 3.97. The van der Waals surface area contributed by atoms with Crippen molar-refractivity contribution < 1.29 is 26.4 Å². The smallest absolute Gasteiger partial charge is 0.317 e. The first kappa shape index (κ1) is 29.6. The van der Waals surface area contributed by atoms with Crippen molar-refractivity contribution in [3.63, 3.8) is 0 Å². The molecular weight excluding hydrogens is 553 g/mol. The summed E-state index contributed by atoms with van der Waals surface area (Å²) in [6.45, 7) is 6.48. The van der Waals surface area contributed by atoms with E-state index in [0.29, 0.717) is 22.6 Å². The number of carbonyl (C=O) groups excluding carboxylic acids is 1. The molecule has 1 heterocycles. The molecule has 0 aliphatic carbocycles. The van der Waals surface area contributed by atoms with Gasteiger partial charge in [0.2, 0.25) is 0 Å². The van der Waals surface area contributed by atoms with Crippen LogP contribution in [0, 0.1) is 27.7 Å². The van der Waals surface area contributed by atoms with Crippen LogP contribution in [0.15, 0.2) is 88.9 Å². The highest BCUT2D eigenvalue weighted by atomic mass is 32.2. The molecule has 0 spiro atoms. The molecule has 0 saturated carbocycles. The van der Waals surface area contributed by atoms with E-state index >= 15 is 0 Å². The van der Waals surface area contributed by atoms with Crippen LogP contribution in [-0.2, 0) is 21.0 Å². The van der Waals surface area contributed by atoms with Gasteiger partial charge in [-0.2, -0.15) is 18.3 Å². The molecule has 41 heavy (non-hydrogen) atoms. The third kappa shape index (κ3) is 6.51. The Kier molecular flexibility index (Phi) is 8.39. The van der Waals surface area contributed by atoms with Gasteiger partial charge in [-0.05, 0) is 70.2 Å². The Bertz CT molecular complexity index is 1690. The number of rotatable bonds is 8. The van der Waals surface area contributed by atoms with E-state index in [0.717, 1.165) is 21.5 Å². The lowest BCUT2D eigenvalue weighted by molar-refractivity contribution is -0.137. The molecule has 1 aromatic heterocycles. The van der Waals surface area contributed by atoms with Crippen molar-refractivity contribution in [2.75, 3.05) is 10.8 Å². The predicted octanol–water partition coefficient (Wildman–Crippen LogP) is 6.08. The lowest BCUT2D eigenvalue weighted by Gasteiger charge is -2.24. The first-order valence-electron chi connectivity index (χ1n) is 12.6. The van der Waals surface area contributed by atoms with Gasteiger partial charge in [0.1, 0.15) is 6.54 Å². The molecule has 7 nitrogen and oxygen atoms in total. The summed E-state index contributed by atoms with van der Waals surface area (Å²) in [5.74, 6) is -0.700. The molecule has 4 rings (SSSR count). The first-order valence-corrected chi connectivity index (χ1v) is 14.1. The van der Waals surface area contributed by atoms with Gasteiger partial charge in [-0.3, -0.25) is 9.10 Å². The zero-order chi connectivity index (χ0) is 29.9. The SMILES string of the molecule is Cc1ccc(N(CC(=O)NN=Cc2cc(C)n(-c3ccccc3C(F)(F)F)c2C)S(=O)(=O)c2ccc(C)cc2)cc1. The molecule has 0 fully saturated rings. The highest BCUT2D eigenvalue weighted by Gasteiger charge is 2.34. The van der Waals surface area contributed by atoms with Gasteiger partial charge < -0.3 is 4.57 Å². The number of aryl methyl sites for hydroxylation is 3. The lowest BCUT2D eigenvalue weighted by Crippen LogP contribution is -2.39. The molecule has 0 atom stereocenters. The van der Waals surface area contributed by atoms with Crippen LogP contribution in [-0.4, -0.2) is 31.7 Å². The summed E-state index contributed by atoms with van der Waals surface area (Å²) in [7, 11) is -4.09. The molecule has 3 aromatic carbocycles. The van der Waals surface area contributed by atoms with Crippen LogP contribution in [0.5, 0.6) is 0 Å². The Morgan fingerprint density at radius 3 is 2.12 bits per heavy atom. The summed E-state index contributed by atoms with van der Waals surface area (Å²) in [5.41, 5.74) is 5.18. The van der Waals surface area contributed by atoms with Gasteiger partial charge in [-0.25, -0.2) is 13.8 Å². The van der Waals surface area contributed by atoms with Crippen LogP contribution in [0.25, 0.3) is 5.69 Å². The summed E-state index contributed by atoms with van der Waals surface area (Å²) in [6, 6.07) is 20.0. The minimum absolute atomic E-state index is 0.0197. The number of anilines is 1. The Hall–Kier alpha value is -4.38. The summed E-state index contributed by atoms with van der Waals surface area (Å²) in [6.07, 6.45) is -3.22. The Morgan fingerprint density at radius 1 is 0.927 bits per heavy atom. The van der Waals surface area contributed by atoms with Crippen LogP contribution in [0.3, 0.4) is 0 Å². The average Bonchev–Trinajstić information content (AvgIpc) is 3.20. The molecule has 0 aliphatic rings. The van der Waals surface area contributed by atoms with Gasteiger partial charge in [-0.1, -0.05) is 47.5 Å². The fraction of sp³-hybridized carbons (Fsp3) is 0.200. The van der Waals surface area contributed by atoms with Gasteiger partial charge in [0.15, 0.2) is 0 Å². The summed E-state index contributed by atoms with van der Waals surface area (Å²) >= 11 is 0. The standard InChI is InChI=1S/C30H29F3N4O3S/c1-20-9-13-25(14-10-20)36(41(39,40)26-15-11-21(2)12-16-26)19-29(38)35-34-18-24-17-22(3)37(23(24)4)28-8-6-5-7-27(28)30(31,32)33/h5-18H,19H2,1-4H3,(H,35,38). The van der Waals surface area contributed by atoms with E-state index in [-0.39, 0.29) is 10.6 Å². The van der Waals surface area contributed by atoms with Crippen molar-refractivity contribution in [2.45, 2.75) is 38.8 Å². The highest BCUT2D eigenvalue weighted by Crippen LogP contribution is 2.35. The third-order valence-electron chi connectivity index (χ3n) is 6.53. The fourth-order valence-corrected chi connectivity index (χ4v) is 5.82. The molecule has 0 aliphatic heterocycles. The molecule has 0 unspecified atom stereocenters. The number of amides is 1. The lowest BCUT2D eigenvalue weighted by atomic mass is 10.1. The molecule has 0 saturated heterocycles. The summed E-state index contributed by atoms with van der Waals surface area (Å²) < 4.78 is 70.3. The van der Waals surface area contributed by atoms with Crippen LogP contribution < -0.4 is 9.73 Å². The molecule has 1 amide bonds. The number of aromatic nitrogens is 1. The minimum Gasteiger partial charge on any atom is -0.317 e. The van der Waals surface area contributed by atoms with E-state index in [9.17, 15) is 26.4 Å². The van der Waals surface area contributed by atoms with E-state index < -0.39 is 34.2 Å². The molecule has 4 aromatic rings. The van der Waals surface area contributed by atoms with Gasteiger partial charge in [0.25, 0.3) is 15.9 Å². The van der Waals surface area contributed by atoms with Gasteiger partial charge in [0, 0.05) is 17.0 Å². The molecule has 11 heteroatoms. The largest absolute Gasteiger partial charge is 0.418 e. The van der Waals surface area contributed by atoms with Crippen LogP contribution in [0.4, 0.5) is 18.9 Å². The zero-order valence-corrected chi connectivity index (χ0v) is 23.7. The van der Waals surface area contributed by atoms with Crippen LogP contribution in [0.1, 0.15) is 33.6 Å². The molecule has 0 radical (unpaired) electrons. The maximum atomic E-state index is 13.6. The number of nitrogens with one attached hydrogen (secondary N) is 1. The highest BCUT2D eigenvalue weighted by molar-refractivity contribution is 7.92. The summed E-state index contributed by atoms with van der Waals surface area (Å²) in [4.78, 5) is 12.9. The van der Waals surface area contributed by atoms with Crippen LogP contribution >= 0.6 is 0 Å². The van der Waals surface area contributed by atoms with Crippen molar-refractivity contribution in [1.82, 2.24) is 9.99 Å². The molecular formula is C30H29F3N4O3S. The number of hydrogen-bond acceptors (Lipinski definition) is 4. The molecule has 214 valence electrons. The van der Waals surface area contributed by atoms with Gasteiger partial charge in [-0.15, -0.1) is 0 Å². The van der Waals surface area contributed by atoms with Crippen molar-refractivity contribution >= 4 is 27.8 Å². The quantitative estimate of drug-likeness (QED) is 0.202. The maximum absolute atomic E-state index is 13.6. The van der Waals surface area contributed by atoms with Crippen molar-refractivity contribution in [3.8, 4) is 5.69 Å². The van der Waals surface area contributed by atoms with E-state index in [4.69, 9.17) is 0 Å². The van der Waals surface area contributed by atoms with Gasteiger partial charge >= 0.3 is 6.18 Å². The zero-order valence-electron chi connectivity index (χ0n) is 22.9. The minimum atomic E-state index is -4.54. The molecule has 0 bridgehead atoms. The number of hydrogen-bond donors (Lipinski definition) is 1. The predicted molar refractivity (Wildman–Crippen MR) is 153 cm³/mol. The number of hydrazone groups is 1. The Balaban J connectivity index is 1.57. The number of carbonyl (C=O) groups is 1. The second-order valence-electron chi connectivity index (χ2n) is 9.63. The van der Waals surface area contributed by atoms with Gasteiger partial charge in [0.05, 0.1) is 28.0 Å². The first-order chi connectivity index (χ1) is 19.3. The van der Waals surface area contributed by atoms with Crippen molar-refractivity contribution in [1.29, 1.82) is 0 Å². The Labute approximate surface area is 237 Å². The molecule has 1 N–H and O–H groups in total. The maximum Gasteiger partial charge on any atom is 0.418 e. The monoisotopic (exact) mass is 582 g/mol. The second-order valence-corrected chi connectivity index (χ2v) is 11.5. The van der Waals surface area contributed by atoms with Crippen LogP contribution in [0.2, 0.25) is 0 Å². The van der Waals surface area contributed by atoms with Crippen molar-refractivity contribution in [3.05, 3.63) is 113 Å². The number of para-hydroxylation sites is 1. The number of sulfonamides is 1. The number of nitrogens with zero attached hydrogens (tertiary/aromatic N) is 3. The number of halogens is 3. The topological polar surface area (TPSA) is 83.8 Å². The fourth-order valence-electron chi connectivity index (χ4n) is 4.40. The van der Waals surface area contributed by atoms with E-state index in [1.165, 1.54) is 41.1 Å². The second kappa shape index (κ2) is 11.6. The van der Waals surface area contributed by atoms with E-state index in [2.05, 4.69) is 10.5 Å².